The molecule has 3 aromatic heterocycles. The number of hydrogen-bond acceptors (Lipinski definition) is 5. The third kappa shape index (κ3) is 2.94. The molecule has 1 N–H and O–H groups in total. The summed E-state index contributed by atoms with van der Waals surface area (Å²) in [6.45, 7) is 6.20. The molecule has 1 fully saturated rings. The van der Waals surface area contributed by atoms with Crippen LogP contribution >= 0.6 is 0 Å². The van der Waals surface area contributed by atoms with Crippen LogP contribution in [0.1, 0.15) is 65.4 Å². The van der Waals surface area contributed by atoms with Crippen molar-refractivity contribution in [3.05, 3.63) is 50.9 Å². The average molecular weight is 369 g/mol. The molecule has 3 aromatic rings. The number of hydrogen-bond donors (Lipinski definition) is 1. The maximum atomic E-state index is 13.0. The minimum Gasteiger partial charge on any atom is -0.351 e. The van der Waals surface area contributed by atoms with E-state index in [9.17, 15) is 9.59 Å². The Morgan fingerprint density at radius 2 is 2.15 bits per heavy atom. The second-order valence-corrected chi connectivity index (χ2v) is 7.08. The largest absolute Gasteiger partial charge is 0.351 e. The molecule has 0 radical (unpaired) electrons. The number of nitrogens with zero attached hydrogens (tertiary/aromatic N) is 4. The fourth-order valence-electron chi connectivity index (χ4n) is 3.63. The number of amides is 1. The Morgan fingerprint density at radius 3 is 2.89 bits per heavy atom. The van der Waals surface area contributed by atoms with Gasteiger partial charge >= 0.3 is 0 Å². The monoisotopic (exact) mass is 369 g/mol. The molecule has 4 rings (SSSR count). The molecule has 1 atom stereocenters. The third-order valence-corrected chi connectivity index (χ3v) is 5.36. The fraction of sp³-hybridized carbons (Fsp3) is 0.474. The molecule has 27 heavy (non-hydrogen) atoms. The summed E-state index contributed by atoms with van der Waals surface area (Å²) in [6, 6.07) is 3.42. The zero-order chi connectivity index (χ0) is 19.1. The minimum absolute atomic E-state index is 0.111. The summed E-state index contributed by atoms with van der Waals surface area (Å²) < 4.78 is 6.70. The van der Waals surface area contributed by atoms with E-state index < -0.39 is 0 Å². The Hall–Kier alpha value is -2.90. The smallest absolute Gasteiger partial charge is 0.293 e. The van der Waals surface area contributed by atoms with Crippen LogP contribution in [-0.4, -0.2) is 37.1 Å². The number of carbonyl (C=O) groups is 1. The van der Waals surface area contributed by atoms with Crippen molar-refractivity contribution in [2.45, 2.75) is 52.5 Å². The van der Waals surface area contributed by atoms with Crippen molar-refractivity contribution in [1.29, 1.82) is 0 Å². The maximum Gasteiger partial charge on any atom is 0.293 e. The average Bonchev–Trinajstić information content (AvgIpc) is 3.33. The molecule has 0 aliphatic carbocycles. The molecule has 142 valence electrons. The number of rotatable bonds is 3. The van der Waals surface area contributed by atoms with Crippen molar-refractivity contribution in [3.8, 4) is 0 Å². The van der Waals surface area contributed by atoms with E-state index in [1.807, 2.05) is 19.9 Å². The highest BCUT2D eigenvalue weighted by Crippen LogP contribution is 2.31. The predicted octanol–water partition coefficient (Wildman–Crippen LogP) is 2.56. The van der Waals surface area contributed by atoms with Gasteiger partial charge in [-0.1, -0.05) is 12.1 Å². The topological polar surface area (TPSA) is 96.5 Å². The molecule has 1 aliphatic rings. The summed E-state index contributed by atoms with van der Waals surface area (Å²) in [6.07, 6.45) is 3.49. The number of aromatic amines is 1. The van der Waals surface area contributed by atoms with Crippen molar-refractivity contribution in [2.24, 2.45) is 0 Å². The van der Waals surface area contributed by atoms with Crippen LogP contribution in [0.3, 0.4) is 0 Å². The standard InChI is InChI=1S/C19H23N5O3/c1-4-13-9-16(27-22-13)19(26)23-8-6-5-7-15(23)14-10-17-20-12(3)11(2)18(25)24(17)21-14/h9-10,15,21H,4-8H2,1-3H3/t15-/m1/s1. The van der Waals surface area contributed by atoms with Gasteiger partial charge in [0.15, 0.2) is 5.65 Å². The normalized spacial score (nSPS) is 17.6. The van der Waals surface area contributed by atoms with Crippen LogP contribution in [0.2, 0.25) is 0 Å². The number of fused-ring (bicyclic) bond motifs is 1. The van der Waals surface area contributed by atoms with Gasteiger partial charge in [-0.3, -0.25) is 14.7 Å². The Bertz CT molecular complexity index is 1060. The second-order valence-electron chi connectivity index (χ2n) is 7.08. The SMILES string of the molecule is CCc1cc(C(=O)N2CCCC[C@@H]2c2cc3nc(C)c(C)c(=O)n3[nH]2)on1. The summed E-state index contributed by atoms with van der Waals surface area (Å²) in [7, 11) is 0. The van der Waals surface area contributed by atoms with E-state index in [1.165, 1.54) is 4.52 Å². The van der Waals surface area contributed by atoms with E-state index >= 15 is 0 Å². The molecule has 0 unspecified atom stereocenters. The lowest BCUT2D eigenvalue weighted by Crippen LogP contribution is -2.38. The lowest BCUT2D eigenvalue weighted by molar-refractivity contribution is 0.0563. The molecule has 1 amide bonds. The van der Waals surface area contributed by atoms with Crippen molar-refractivity contribution in [3.63, 3.8) is 0 Å². The molecule has 0 aromatic carbocycles. The van der Waals surface area contributed by atoms with Crippen LogP contribution in [0, 0.1) is 13.8 Å². The molecule has 4 heterocycles. The van der Waals surface area contributed by atoms with Gasteiger partial charge in [0.1, 0.15) is 0 Å². The van der Waals surface area contributed by atoms with Gasteiger partial charge in [-0.15, -0.1) is 0 Å². The molecule has 8 nitrogen and oxygen atoms in total. The number of likely N-dealkylation sites (tertiary alicyclic amines) is 1. The lowest BCUT2D eigenvalue weighted by Gasteiger charge is -2.34. The number of carbonyl (C=O) groups excluding carboxylic acids is 1. The summed E-state index contributed by atoms with van der Waals surface area (Å²) in [5.74, 6) is 0.0927. The number of H-pyrrole nitrogens is 1. The van der Waals surface area contributed by atoms with Crippen LogP contribution in [0.15, 0.2) is 21.5 Å². The lowest BCUT2D eigenvalue weighted by atomic mass is 9.99. The molecular weight excluding hydrogens is 346 g/mol. The predicted molar refractivity (Wildman–Crippen MR) is 98.8 cm³/mol. The first-order valence-electron chi connectivity index (χ1n) is 9.35. The van der Waals surface area contributed by atoms with Gasteiger partial charge in [0.2, 0.25) is 5.76 Å². The Morgan fingerprint density at radius 1 is 1.33 bits per heavy atom. The quantitative estimate of drug-likeness (QED) is 0.765. The van der Waals surface area contributed by atoms with Crippen LogP contribution in [0.4, 0.5) is 0 Å². The highest BCUT2D eigenvalue weighted by molar-refractivity contribution is 5.91. The first-order valence-corrected chi connectivity index (χ1v) is 9.35. The molecule has 0 bridgehead atoms. The van der Waals surface area contributed by atoms with Gasteiger partial charge in [0.05, 0.1) is 17.4 Å². The van der Waals surface area contributed by atoms with E-state index in [-0.39, 0.29) is 23.3 Å². The first-order chi connectivity index (χ1) is 13.0. The Balaban J connectivity index is 1.72. The molecule has 1 aliphatic heterocycles. The van der Waals surface area contributed by atoms with Gasteiger partial charge in [-0.25, -0.2) is 9.50 Å². The number of piperidine rings is 1. The van der Waals surface area contributed by atoms with Crippen molar-refractivity contribution in [1.82, 2.24) is 24.7 Å². The van der Waals surface area contributed by atoms with Crippen LogP contribution in [0.5, 0.6) is 0 Å². The van der Waals surface area contributed by atoms with Gasteiger partial charge in [-0.2, -0.15) is 0 Å². The van der Waals surface area contributed by atoms with Gasteiger partial charge in [0, 0.05) is 29.9 Å². The molecular formula is C19H23N5O3. The van der Waals surface area contributed by atoms with E-state index in [4.69, 9.17) is 4.52 Å². The van der Waals surface area contributed by atoms with Crippen LogP contribution in [-0.2, 0) is 6.42 Å². The van der Waals surface area contributed by atoms with Crippen molar-refractivity contribution in [2.75, 3.05) is 6.54 Å². The molecule has 1 saturated heterocycles. The number of aromatic nitrogens is 4. The van der Waals surface area contributed by atoms with E-state index in [0.29, 0.717) is 17.8 Å². The van der Waals surface area contributed by atoms with Crippen molar-refractivity contribution >= 4 is 11.6 Å². The van der Waals surface area contributed by atoms with E-state index in [2.05, 4.69) is 15.2 Å². The zero-order valence-corrected chi connectivity index (χ0v) is 15.8. The van der Waals surface area contributed by atoms with Gasteiger partial charge in [0.25, 0.3) is 11.5 Å². The van der Waals surface area contributed by atoms with E-state index in [0.717, 1.165) is 42.8 Å². The van der Waals surface area contributed by atoms with Gasteiger partial charge < -0.3 is 9.42 Å². The van der Waals surface area contributed by atoms with Crippen LogP contribution in [0.25, 0.3) is 5.65 Å². The van der Waals surface area contributed by atoms with E-state index in [1.54, 1.807) is 17.9 Å². The molecule has 0 spiro atoms. The van der Waals surface area contributed by atoms with Gasteiger partial charge in [-0.05, 0) is 39.5 Å². The summed E-state index contributed by atoms with van der Waals surface area (Å²) in [4.78, 5) is 31.8. The number of aryl methyl sites for hydroxylation is 2. The highest BCUT2D eigenvalue weighted by atomic mass is 16.5. The Kier molecular flexibility index (Phi) is 4.33. The third-order valence-electron chi connectivity index (χ3n) is 5.36. The highest BCUT2D eigenvalue weighted by Gasteiger charge is 2.32. The molecule has 0 saturated carbocycles. The first kappa shape index (κ1) is 17.5. The minimum atomic E-state index is -0.168. The summed E-state index contributed by atoms with van der Waals surface area (Å²) in [5.41, 5.74) is 3.37. The maximum absolute atomic E-state index is 13.0. The number of nitrogens with one attached hydrogen (secondary N) is 1. The Labute approximate surface area is 156 Å². The second kappa shape index (κ2) is 6.68. The zero-order valence-electron chi connectivity index (χ0n) is 15.8. The summed E-state index contributed by atoms with van der Waals surface area (Å²) >= 11 is 0. The molecule has 8 heteroatoms. The summed E-state index contributed by atoms with van der Waals surface area (Å²) in [5, 5.41) is 7.08. The fourth-order valence-corrected chi connectivity index (χ4v) is 3.63. The van der Waals surface area contributed by atoms with Crippen LogP contribution < -0.4 is 5.56 Å². The van der Waals surface area contributed by atoms with Crippen molar-refractivity contribution < 1.29 is 9.32 Å².